The highest BCUT2D eigenvalue weighted by molar-refractivity contribution is 5.30. The Hall–Kier alpha value is -1.88. The number of methoxy groups -OCH3 is 1. The van der Waals surface area contributed by atoms with Gasteiger partial charge in [0.25, 0.3) is 0 Å². The van der Waals surface area contributed by atoms with Gasteiger partial charge in [0.15, 0.2) is 0 Å². The molecule has 0 aliphatic heterocycles. The maximum absolute atomic E-state index is 12.9. The monoisotopic (exact) mass is 263 g/mol. The summed E-state index contributed by atoms with van der Waals surface area (Å²) in [6.45, 7) is 3.37. The predicted octanol–water partition coefficient (Wildman–Crippen LogP) is 2.69. The number of hydrogen-bond donors (Lipinski definition) is 1. The number of imidazole rings is 1. The van der Waals surface area contributed by atoms with Gasteiger partial charge in [0, 0.05) is 26.0 Å². The second-order valence-electron chi connectivity index (χ2n) is 4.31. The smallest absolute Gasteiger partial charge is 0.203 e. The first kappa shape index (κ1) is 13.5. The van der Waals surface area contributed by atoms with Crippen LogP contribution in [0.15, 0.2) is 36.7 Å². The van der Waals surface area contributed by atoms with Gasteiger partial charge in [-0.1, -0.05) is 12.1 Å². The summed E-state index contributed by atoms with van der Waals surface area (Å²) < 4.78 is 19.9. The van der Waals surface area contributed by atoms with E-state index in [1.165, 1.54) is 12.1 Å². The Kier molecular flexibility index (Phi) is 4.52. The van der Waals surface area contributed by atoms with E-state index in [1.54, 1.807) is 25.4 Å². The molecule has 2 rings (SSSR count). The molecule has 1 heterocycles. The number of nitrogens with one attached hydrogen (secondary N) is 1. The number of rotatable bonds is 6. The molecule has 0 aliphatic carbocycles. The average molecular weight is 263 g/mol. The standard InChI is InChI=1S/C14H18FN3O/c1-11(12-3-5-13(15)6-4-12)18-9-7-16-14(18)17-8-10-19-2/h3-7,9,11H,8,10H2,1-2H3,(H,16,17). The summed E-state index contributed by atoms with van der Waals surface area (Å²) in [5.41, 5.74) is 1.04. The van der Waals surface area contributed by atoms with Crippen molar-refractivity contribution < 1.29 is 9.13 Å². The zero-order valence-electron chi connectivity index (χ0n) is 11.1. The van der Waals surface area contributed by atoms with E-state index >= 15 is 0 Å². The lowest BCUT2D eigenvalue weighted by atomic mass is 10.1. The van der Waals surface area contributed by atoms with Crippen molar-refractivity contribution in [1.29, 1.82) is 0 Å². The van der Waals surface area contributed by atoms with Crippen molar-refractivity contribution in [2.24, 2.45) is 0 Å². The summed E-state index contributed by atoms with van der Waals surface area (Å²) in [5, 5.41) is 3.21. The minimum atomic E-state index is -0.222. The first-order valence-electron chi connectivity index (χ1n) is 6.23. The summed E-state index contributed by atoms with van der Waals surface area (Å²) >= 11 is 0. The van der Waals surface area contributed by atoms with Crippen molar-refractivity contribution in [3.05, 3.63) is 48.0 Å². The van der Waals surface area contributed by atoms with Crippen molar-refractivity contribution in [2.45, 2.75) is 13.0 Å². The largest absolute Gasteiger partial charge is 0.383 e. The van der Waals surface area contributed by atoms with Crippen LogP contribution in [0.25, 0.3) is 0 Å². The molecule has 1 aromatic heterocycles. The normalized spacial score (nSPS) is 12.4. The lowest BCUT2D eigenvalue weighted by Crippen LogP contribution is -2.15. The molecule has 2 aromatic rings. The number of halogens is 1. The first-order chi connectivity index (χ1) is 9.22. The van der Waals surface area contributed by atoms with E-state index in [2.05, 4.69) is 17.2 Å². The molecule has 1 N–H and O–H groups in total. The molecule has 0 fully saturated rings. The maximum atomic E-state index is 12.9. The summed E-state index contributed by atoms with van der Waals surface area (Å²) in [7, 11) is 1.66. The zero-order valence-corrected chi connectivity index (χ0v) is 11.1. The third-order valence-electron chi connectivity index (χ3n) is 3.03. The number of benzene rings is 1. The van der Waals surface area contributed by atoms with Crippen molar-refractivity contribution in [3.63, 3.8) is 0 Å². The Morgan fingerprint density at radius 1 is 1.37 bits per heavy atom. The Bertz CT molecular complexity index is 510. The Labute approximate surface area is 112 Å². The molecule has 0 spiro atoms. The van der Waals surface area contributed by atoms with Crippen LogP contribution >= 0.6 is 0 Å². The number of ether oxygens (including phenoxy) is 1. The Balaban J connectivity index is 2.12. The van der Waals surface area contributed by atoms with Gasteiger partial charge in [-0.05, 0) is 24.6 Å². The lowest BCUT2D eigenvalue weighted by Gasteiger charge is -2.17. The van der Waals surface area contributed by atoms with Gasteiger partial charge in [-0.25, -0.2) is 9.37 Å². The Morgan fingerprint density at radius 3 is 2.79 bits per heavy atom. The fourth-order valence-electron chi connectivity index (χ4n) is 1.93. The number of nitrogens with zero attached hydrogens (tertiary/aromatic N) is 2. The van der Waals surface area contributed by atoms with E-state index in [0.717, 1.165) is 11.5 Å². The Morgan fingerprint density at radius 2 is 2.11 bits per heavy atom. The molecular weight excluding hydrogens is 245 g/mol. The number of anilines is 1. The first-order valence-corrected chi connectivity index (χ1v) is 6.23. The third-order valence-corrected chi connectivity index (χ3v) is 3.03. The van der Waals surface area contributed by atoms with Crippen LogP contribution < -0.4 is 5.32 Å². The topological polar surface area (TPSA) is 39.1 Å². The molecule has 0 saturated heterocycles. The highest BCUT2D eigenvalue weighted by Gasteiger charge is 2.11. The van der Waals surface area contributed by atoms with Gasteiger partial charge in [-0.15, -0.1) is 0 Å². The van der Waals surface area contributed by atoms with Gasteiger partial charge in [0.1, 0.15) is 5.82 Å². The van der Waals surface area contributed by atoms with Crippen LogP contribution in [0.1, 0.15) is 18.5 Å². The average Bonchev–Trinajstić information content (AvgIpc) is 2.87. The van der Waals surface area contributed by atoms with Gasteiger partial charge in [0.2, 0.25) is 5.95 Å². The van der Waals surface area contributed by atoms with Gasteiger partial charge >= 0.3 is 0 Å². The van der Waals surface area contributed by atoms with E-state index in [1.807, 2.05) is 10.8 Å². The molecule has 102 valence electrons. The van der Waals surface area contributed by atoms with Crippen molar-refractivity contribution >= 4 is 5.95 Å². The molecular formula is C14H18FN3O. The van der Waals surface area contributed by atoms with Crippen LogP contribution in [0.2, 0.25) is 0 Å². The predicted molar refractivity (Wildman–Crippen MR) is 72.8 cm³/mol. The highest BCUT2D eigenvalue weighted by atomic mass is 19.1. The van der Waals surface area contributed by atoms with Crippen molar-refractivity contribution in [1.82, 2.24) is 9.55 Å². The minimum Gasteiger partial charge on any atom is -0.383 e. The zero-order chi connectivity index (χ0) is 13.7. The maximum Gasteiger partial charge on any atom is 0.203 e. The molecule has 0 bridgehead atoms. The lowest BCUT2D eigenvalue weighted by molar-refractivity contribution is 0.210. The molecule has 0 saturated carbocycles. The van der Waals surface area contributed by atoms with Crippen LogP contribution in [0.4, 0.5) is 10.3 Å². The van der Waals surface area contributed by atoms with E-state index in [0.29, 0.717) is 13.2 Å². The van der Waals surface area contributed by atoms with Crippen LogP contribution in [0, 0.1) is 5.82 Å². The quantitative estimate of drug-likeness (QED) is 0.814. The van der Waals surface area contributed by atoms with Crippen LogP contribution in [0.5, 0.6) is 0 Å². The van der Waals surface area contributed by atoms with E-state index in [4.69, 9.17) is 4.74 Å². The van der Waals surface area contributed by atoms with Gasteiger partial charge < -0.3 is 14.6 Å². The molecule has 1 aromatic carbocycles. The van der Waals surface area contributed by atoms with Crippen LogP contribution in [0.3, 0.4) is 0 Å². The SMILES string of the molecule is COCCNc1nccn1C(C)c1ccc(F)cc1. The molecule has 19 heavy (non-hydrogen) atoms. The fraction of sp³-hybridized carbons (Fsp3) is 0.357. The van der Waals surface area contributed by atoms with Crippen LogP contribution in [-0.4, -0.2) is 29.8 Å². The molecule has 0 radical (unpaired) electrons. The molecule has 1 atom stereocenters. The van der Waals surface area contributed by atoms with Gasteiger partial charge in [-0.3, -0.25) is 0 Å². The molecule has 5 heteroatoms. The molecule has 4 nitrogen and oxygen atoms in total. The number of aromatic nitrogens is 2. The van der Waals surface area contributed by atoms with E-state index < -0.39 is 0 Å². The van der Waals surface area contributed by atoms with Crippen LogP contribution in [-0.2, 0) is 4.74 Å². The summed E-state index contributed by atoms with van der Waals surface area (Å²) in [6.07, 6.45) is 3.65. The minimum absolute atomic E-state index is 0.0909. The highest BCUT2D eigenvalue weighted by Crippen LogP contribution is 2.21. The van der Waals surface area contributed by atoms with Gasteiger partial charge in [-0.2, -0.15) is 0 Å². The molecule has 0 aliphatic rings. The van der Waals surface area contributed by atoms with E-state index in [-0.39, 0.29) is 11.9 Å². The summed E-state index contributed by atoms with van der Waals surface area (Å²) in [5.74, 6) is 0.564. The van der Waals surface area contributed by atoms with Crippen molar-refractivity contribution in [2.75, 3.05) is 25.6 Å². The fourth-order valence-corrected chi connectivity index (χ4v) is 1.93. The van der Waals surface area contributed by atoms with Gasteiger partial charge in [0.05, 0.1) is 12.6 Å². The van der Waals surface area contributed by atoms with E-state index in [9.17, 15) is 4.39 Å². The summed E-state index contributed by atoms with van der Waals surface area (Å²) in [6, 6.07) is 6.62. The summed E-state index contributed by atoms with van der Waals surface area (Å²) in [4.78, 5) is 4.27. The van der Waals surface area contributed by atoms with Crippen molar-refractivity contribution in [3.8, 4) is 0 Å². The molecule has 0 amide bonds. The number of hydrogen-bond acceptors (Lipinski definition) is 3. The third kappa shape index (κ3) is 3.32. The molecule has 1 unspecified atom stereocenters. The second kappa shape index (κ2) is 6.33. The second-order valence-corrected chi connectivity index (χ2v) is 4.31.